The quantitative estimate of drug-likeness (QED) is 0.225. The largest absolute Gasteiger partial charge is 0.396 e. The minimum Gasteiger partial charge on any atom is -0.396 e. The summed E-state index contributed by atoms with van der Waals surface area (Å²) in [5, 5.41) is 75.1. The maximum Gasteiger partial charge on any atom is 0.186 e. The molecule has 0 radical (unpaired) electrons. The summed E-state index contributed by atoms with van der Waals surface area (Å²) in [7, 11) is 0. The number of hydrogen-bond acceptors (Lipinski definition) is 9. The van der Waals surface area contributed by atoms with Crippen LogP contribution in [0.1, 0.15) is 99.3 Å². The first-order valence-corrected chi connectivity index (χ1v) is 17.5. The van der Waals surface area contributed by atoms with Crippen LogP contribution in [-0.4, -0.2) is 98.5 Å². The molecule has 1 aliphatic heterocycles. The van der Waals surface area contributed by atoms with Gasteiger partial charge in [0.2, 0.25) is 0 Å². The van der Waals surface area contributed by atoms with Crippen LogP contribution in [-0.2, 0) is 9.47 Å². The van der Waals surface area contributed by atoms with Crippen molar-refractivity contribution in [3.8, 4) is 0 Å². The zero-order chi connectivity index (χ0) is 33.0. The van der Waals surface area contributed by atoms with Gasteiger partial charge in [-0.05, 0) is 97.2 Å². The average Bonchev–Trinajstić information content (AvgIpc) is 2.98. The predicted octanol–water partition coefficient (Wildman–Crippen LogP) is 2.91. The van der Waals surface area contributed by atoms with Crippen LogP contribution in [0.2, 0.25) is 0 Å². The van der Waals surface area contributed by atoms with Gasteiger partial charge in [0, 0.05) is 10.8 Å². The number of rotatable bonds is 5. The van der Waals surface area contributed by atoms with Gasteiger partial charge in [0.05, 0.1) is 32.0 Å². The summed E-state index contributed by atoms with van der Waals surface area (Å²) in [6, 6.07) is 0. The molecule has 0 aromatic rings. The topological polar surface area (TPSA) is 160 Å². The SMILES string of the molecule is CC1(C)CC[C@]2(CO[C@@H]3O[C@@H](CO)[C@H](O)[C@@H](O)[C@@H]3O)[C@@H](O)C[C@]3(C)C(=CC[C@H]4[C@@]5(C)CC[C@H](O)[C@@](C)(CO)[C@@H]5CC[C@]43C)[C@@H]2C1. The van der Waals surface area contributed by atoms with Gasteiger partial charge < -0.3 is 45.2 Å². The fraction of sp³-hybridized carbons (Fsp3) is 0.944. The van der Waals surface area contributed by atoms with Crippen LogP contribution in [0, 0.1) is 50.2 Å². The van der Waals surface area contributed by atoms with Crippen molar-refractivity contribution < 1.29 is 45.2 Å². The van der Waals surface area contributed by atoms with Crippen LogP contribution in [0.3, 0.4) is 0 Å². The summed E-state index contributed by atoms with van der Waals surface area (Å²) in [5.74, 6) is 0.639. The lowest BCUT2D eigenvalue weighted by Crippen LogP contribution is -2.67. The molecule has 4 saturated carbocycles. The van der Waals surface area contributed by atoms with E-state index in [4.69, 9.17) is 9.47 Å². The number of hydrogen-bond donors (Lipinski definition) is 7. The van der Waals surface area contributed by atoms with Crippen molar-refractivity contribution in [2.45, 2.75) is 142 Å². The summed E-state index contributed by atoms with van der Waals surface area (Å²) in [4.78, 5) is 0. The van der Waals surface area contributed by atoms with Gasteiger partial charge in [0.1, 0.15) is 24.4 Å². The van der Waals surface area contributed by atoms with Crippen LogP contribution in [0.4, 0.5) is 0 Å². The highest BCUT2D eigenvalue weighted by Gasteiger charge is 2.70. The molecular weight excluding hydrogens is 576 g/mol. The number of allylic oxidation sites excluding steroid dienone is 2. The minimum atomic E-state index is -1.51. The Morgan fingerprint density at radius 1 is 0.800 bits per heavy atom. The number of fused-ring (bicyclic) bond motifs is 7. The van der Waals surface area contributed by atoms with Crippen LogP contribution in [0.5, 0.6) is 0 Å². The maximum atomic E-state index is 12.4. The van der Waals surface area contributed by atoms with Crippen LogP contribution in [0.15, 0.2) is 11.6 Å². The molecule has 9 nitrogen and oxygen atoms in total. The van der Waals surface area contributed by atoms with Crippen LogP contribution >= 0.6 is 0 Å². The standard InChI is InChI=1S/C36H60O9/c1-31(2)13-14-36(19-44-30-29(43)28(42)27(41)22(17-37)45-30)21(15-31)20-7-8-24-32(3)11-10-25(39)33(4,18-38)23(32)9-12-34(24,5)35(20,6)16-26(36)40/h7,21-30,37-43H,8-19H2,1-6H3/t21-,22-,23+,24-,25-,26-,27-,28+,29-,30+,32-,33-,34+,35+,36+/m0/s1. The van der Waals surface area contributed by atoms with E-state index in [1.807, 2.05) is 0 Å². The van der Waals surface area contributed by atoms with Gasteiger partial charge in [-0.25, -0.2) is 0 Å². The van der Waals surface area contributed by atoms with E-state index in [1.165, 1.54) is 5.57 Å². The molecule has 0 amide bonds. The lowest BCUT2D eigenvalue weighted by atomic mass is 9.33. The number of aliphatic hydroxyl groups is 7. The summed E-state index contributed by atoms with van der Waals surface area (Å²) < 4.78 is 12.0. The molecule has 0 aromatic heterocycles. The van der Waals surface area contributed by atoms with Crippen LogP contribution < -0.4 is 0 Å². The highest BCUT2D eigenvalue weighted by Crippen LogP contribution is 2.75. The third kappa shape index (κ3) is 4.73. The molecule has 7 N–H and O–H groups in total. The van der Waals surface area contributed by atoms with Crippen molar-refractivity contribution in [3.63, 3.8) is 0 Å². The summed E-state index contributed by atoms with van der Waals surface area (Å²) in [5.41, 5.74) is 0.00334. The van der Waals surface area contributed by atoms with Crippen molar-refractivity contribution in [2.24, 2.45) is 50.2 Å². The van der Waals surface area contributed by atoms with Gasteiger partial charge in [-0.15, -0.1) is 0 Å². The molecule has 6 rings (SSSR count). The second kappa shape index (κ2) is 11.2. The third-order valence-corrected chi connectivity index (χ3v) is 15.4. The van der Waals surface area contributed by atoms with Crippen molar-refractivity contribution in [1.29, 1.82) is 0 Å². The molecule has 45 heavy (non-hydrogen) atoms. The van der Waals surface area contributed by atoms with Crippen molar-refractivity contribution >= 4 is 0 Å². The van der Waals surface area contributed by atoms with E-state index in [9.17, 15) is 35.7 Å². The molecule has 0 spiro atoms. The highest BCUT2D eigenvalue weighted by atomic mass is 16.7. The van der Waals surface area contributed by atoms with Crippen molar-refractivity contribution in [2.75, 3.05) is 19.8 Å². The first-order valence-electron chi connectivity index (χ1n) is 17.5. The zero-order valence-electron chi connectivity index (χ0n) is 28.3. The minimum absolute atomic E-state index is 0.0109. The van der Waals surface area contributed by atoms with Gasteiger partial charge in [0.25, 0.3) is 0 Å². The fourth-order valence-corrected chi connectivity index (χ4v) is 12.2. The average molecular weight is 637 g/mol. The van der Waals surface area contributed by atoms with E-state index in [2.05, 4.69) is 47.6 Å². The van der Waals surface area contributed by atoms with E-state index in [-0.39, 0.29) is 46.7 Å². The maximum absolute atomic E-state index is 12.4. The van der Waals surface area contributed by atoms with Gasteiger partial charge >= 0.3 is 0 Å². The Kier molecular flexibility index (Phi) is 8.53. The molecule has 258 valence electrons. The van der Waals surface area contributed by atoms with E-state index in [0.717, 1.165) is 44.9 Å². The Hall–Kier alpha value is -0.620. The Balaban J connectivity index is 1.35. The highest BCUT2D eigenvalue weighted by molar-refractivity contribution is 5.35. The Bertz CT molecular complexity index is 1160. The number of ether oxygens (including phenoxy) is 2. The molecule has 1 saturated heterocycles. The van der Waals surface area contributed by atoms with Crippen molar-refractivity contribution in [1.82, 2.24) is 0 Å². The molecule has 0 unspecified atom stereocenters. The molecule has 5 fully saturated rings. The summed E-state index contributed by atoms with van der Waals surface area (Å²) in [6.45, 7) is 13.5. The molecule has 0 bridgehead atoms. The predicted molar refractivity (Wildman–Crippen MR) is 168 cm³/mol. The van der Waals surface area contributed by atoms with Crippen molar-refractivity contribution in [3.05, 3.63) is 11.6 Å². The van der Waals surface area contributed by atoms with Gasteiger partial charge in [0.15, 0.2) is 6.29 Å². The van der Waals surface area contributed by atoms with Gasteiger partial charge in [-0.3, -0.25) is 0 Å². The first-order chi connectivity index (χ1) is 20.9. The third-order valence-electron chi connectivity index (χ3n) is 15.4. The summed E-state index contributed by atoms with van der Waals surface area (Å²) in [6.07, 6.45) is 2.26. The van der Waals surface area contributed by atoms with E-state index in [1.54, 1.807) is 0 Å². The first kappa shape index (κ1) is 34.3. The van der Waals surface area contributed by atoms with Gasteiger partial charge in [-0.1, -0.05) is 53.2 Å². The Labute approximate surface area is 269 Å². The zero-order valence-corrected chi connectivity index (χ0v) is 28.3. The molecule has 9 heteroatoms. The Morgan fingerprint density at radius 2 is 1.51 bits per heavy atom. The fourth-order valence-electron chi connectivity index (χ4n) is 12.2. The molecule has 6 aliphatic rings. The number of aliphatic hydroxyl groups excluding tert-OH is 7. The lowest BCUT2D eigenvalue weighted by molar-refractivity contribution is -0.314. The Morgan fingerprint density at radius 3 is 2.18 bits per heavy atom. The smallest absolute Gasteiger partial charge is 0.186 e. The molecule has 15 atom stereocenters. The lowest BCUT2D eigenvalue weighted by Gasteiger charge is -2.72. The van der Waals surface area contributed by atoms with E-state index >= 15 is 0 Å². The van der Waals surface area contributed by atoms with E-state index < -0.39 is 60.4 Å². The molecule has 0 aromatic carbocycles. The van der Waals surface area contributed by atoms with E-state index in [0.29, 0.717) is 18.8 Å². The molecular formula is C36H60O9. The second-order valence-corrected chi connectivity index (χ2v) is 17.9. The monoisotopic (exact) mass is 636 g/mol. The van der Waals surface area contributed by atoms with Crippen LogP contribution in [0.25, 0.3) is 0 Å². The van der Waals surface area contributed by atoms with Gasteiger partial charge in [-0.2, -0.15) is 0 Å². The molecule has 5 aliphatic carbocycles. The normalized spacial score (nSPS) is 55.9. The summed E-state index contributed by atoms with van der Waals surface area (Å²) >= 11 is 0. The second-order valence-electron chi connectivity index (χ2n) is 17.9. The molecule has 1 heterocycles.